The van der Waals surface area contributed by atoms with Gasteiger partial charge in [-0.1, -0.05) is 44.5 Å². The molecule has 3 rings (SSSR count). The maximum absolute atomic E-state index is 13.2. The number of aryl methyl sites for hydroxylation is 1. The highest BCUT2D eigenvalue weighted by atomic mass is 35.5. The molecule has 1 unspecified atom stereocenters. The van der Waals surface area contributed by atoms with Crippen molar-refractivity contribution in [1.82, 2.24) is 4.90 Å². The smallest absolute Gasteiger partial charge is 0.253 e. The molecule has 0 bridgehead atoms. The van der Waals surface area contributed by atoms with Crippen LogP contribution < -0.4 is 10.5 Å². The van der Waals surface area contributed by atoms with Gasteiger partial charge in [-0.2, -0.15) is 0 Å². The fourth-order valence-corrected chi connectivity index (χ4v) is 4.42. The summed E-state index contributed by atoms with van der Waals surface area (Å²) in [6, 6.07) is 13.3. The Kier molecular flexibility index (Phi) is 7.19. The molecule has 0 aromatic heterocycles. The summed E-state index contributed by atoms with van der Waals surface area (Å²) < 4.78 is 6.07. The topological polar surface area (TPSA) is 72.6 Å². The van der Waals surface area contributed by atoms with Gasteiger partial charge < -0.3 is 15.4 Å². The quantitative estimate of drug-likeness (QED) is 0.655. The van der Waals surface area contributed by atoms with E-state index in [0.717, 1.165) is 18.4 Å². The summed E-state index contributed by atoms with van der Waals surface area (Å²) in [4.78, 5) is 27.0. The number of carbonyl (C=O) groups excluding carboxylic acids is 2. The van der Waals surface area contributed by atoms with E-state index in [2.05, 4.69) is 20.8 Å². The minimum atomic E-state index is -0.515. The van der Waals surface area contributed by atoms with Gasteiger partial charge in [-0.25, -0.2) is 0 Å². The van der Waals surface area contributed by atoms with Gasteiger partial charge in [-0.15, -0.1) is 0 Å². The summed E-state index contributed by atoms with van der Waals surface area (Å²) >= 11 is 6.11. The standard InChI is InChI=1S/C26H33ClN2O3/c1-18-14-21(10-11-22(18)27)32-17-26(15-23(28)30)12-5-13-29(16-26)24(31)19-6-8-20(9-7-19)25(2,3)4/h6-11,14H,5,12-13,15-17H2,1-4H3,(H2,28,30). The minimum Gasteiger partial charge on any atom is -0.493 e. The number of amides is 2. The number of piperidine rings is 1. The van der Waals surface area contributed by atoms with Gasteiger partial charge in [0.15, 0.2) is 0 Å². The zero-order valence-electron chi connectivity index (χ0n) is 19.4. The first-order valence-electron chi connectivity index (χ1n) is 11.1. The summed E-state index contributed by atoms with van der Waals surface area (Å²) in [7, 11) is 0. The molecule has 1 aliphatic rings. The maximum atomic E-state index is 13.2. The number of rotatable bonds is 6. The van der Waals surface area contributed by atoms with Crippen LogP contribution in [0.15, 0.2) is 42.5 Å². The second-order valence-electron chi connectivity index (χ2n) is 10.0. The Morgan fingerprint density at radius 2 is 1.84 bits per heavy atom. The highest BCUT2D eigenvalue weighted by Crippen LogP contribution is 2.35. The van der Waals surface area contributed by atoms with Gasteiger partial charge in [0.25, 0.3) is 5.91 Å². The number of halogens is 1. The van der Waals surface area contributed by atoms with Crippen LogP contribution in [-0.4, -0.2) is 36.4 Å². The van der Waals surface area contributed by atoms with E-state index in [4.69, 9.17) is 22.1 Å². The first kappa shape index (κ1) is 24.1. The molecule has 2 N–H and O–H groups in total. The number of nitrogens with zero attached hydrogens (tertiary/aromatic N) is 1. The van der Waals surface area contributed by atoms with Crippen molar-refractivity contribution in [3.05, 3.63) is 64.2 Å². The van der Waals surface area contributed by atoms with Crippen LogP contribution in [0.25, 0.3) is 0 Å². The van der Waals surface area contributed by atoms with Crippen LogP contribution >= 0.6 is 11.6 Å². The van der Waals surface area contributed by atoms with Gasteiger partial charge in [0.1, 0.15) is 5.75 Å². The number of hydrogen-bond acceptors (Lipinski definition) is 3. The van der Waals surface area contributed by atoms with Crippen LogP contribution in [0.2, 0.25) is 5.02 Å². The van der Waals surface area contributed by atoms with Crippen molar-refractivity contribution >= 4 is 23.4 Å². The number of likely N-dealkylation sites (tertiary alicyclic amines) is 1. The molecule has 1 saturated heterocycles. The lowest BCUT2D eigenvalue weighted by Crippen LogP contribution is -2.50. The van der Waals surface area contributed by atoms with E-state index in [1.807, 2.05) is 48.2 Å². The Bertz CT molecular complexity index is 982. The first-order valence-corrected chi connectivity index (χ1v) is 11.4. The van der Waals surface area contributed by atoms with Crippen LogP contribution in [-0.2, 0) is 10.2 Å². The highest BCUT2D eigenvalue weighted by Gasteiger charge is 2.39. The zero-order chi connectivity index (χ0) is 23.5. The van der Waals surface area contributed by atoms with Crippen molar-refractivity contribution in [2.24, 2.45) is 11.1 Å². The van der Waals surface area contributed by atoms with Crippen molar-refractivity contribution in [3.8, 4) is 5.75 Å². The van der Waals surface area contributed by atoms with E-state index in [1.165, 1.54) is 5.56 Å². The summed E-state index contributed by atoms with van der Waals surface area (Å²) in [6.07, 6.45) is 1.74. The molecule has 1 heterocycles. The van der Waals surface area contributed by atoms with E-state index in [9.17, 15) is 9.59 Å². The van der Waals surface area contributed by atoms with E-state index in [1.54, 1.807) is 6.07 Å². The molecule has 1 atom stereocenters. The normalized spacial score (nSPS) is 19.0. The van der Waals surface area contributed by atoms with E-state index in [-0.39, 0.29) is 23.7 Å². The molecule has 0 aliphatic carbocycles. The van der Waals surface area contributed by atoms with Gasteiger partial charge in [-0.3, -0.25) is 9.59 Å². The molecule has 0 spiro atoms. The molecule has 5 nitrogen and oxygen atoms in total. The van der Waals surface area contributed by atoms with Crippen LogP contribution in [0.5, 0.6) is 5.75 Å². The highest BCUT2D eigenvalue weighted by molar-refractivity contribution is 6.31. The monoisotopic (exact) mass is 456 g/mol. The lowest BCUT2D eigenvalue weighted by molar-refractivity contribution is -0.122. The van der Waals surface area contributed by atoms with E-state index >= 15 is 0 Å². The maximum Gasteiger partial charge on any atom is 0.253 e. The fraction of sp³-hybridized carbons (Fsp3) is 0.462. The van der Waals surface area contributed by atoms with Gasteiger partial charge in [-0.05, 0) is 66.6 Å². The van der Waals surface area contributed by atoms with Crippen LogP contribution in [0.1, 0.15) is 61.5 Å². The van der Waals surface area contributed by atoms with Gasteiger partial charge in [0.05, 0.1) is 6.61 Å². The number of ether oxygens (including phenoxy) is 1. The zero-order valence-corrected chi connectivity index (χ0v) is 20.2. The largest absolute Gasteiger partial charge is 0.493 e. The second kappa shape index (κ2) is 9.53. The van der Waals surface area contributed by atoms with E-state index < -0.39 is 5.41 Å². The molecule has 0 radical (unpaired) electrons. The lowest BCUT2D eigenvalue weighted by atomic mass is 9.77. The van der Waals surface area contributed by atoms with Crippen LogP contribution in [0.3, 0.4) is 0 Å². The Labute approximate surface area is 195 Å². The molecule has 172 valence electrons. The molecule has 2 amide bonds. The summed E-state index contributed by atoms with van der Waals surface area (Å²) in [5, 5.41) is 0.677. The van der Waals surface area contributed by atoms with Crippen molar-refractivity contribution in [1.29, 1.82) is 0 Å². The summed E-state index contributed by atoms with van der Waals surface area (Å²) in [6.45, 7) is 9.76. The van der Waals surface area contributed by atoms with Crippen molar-refractivity contribution in [2.75, 3.05) is 19.7 Å². The predicted molar refractivity (Wildman–Crippen MR) is 128 cm³/mol. The average molecular weight is 457 g/mol. The molecule has 6 heteroatoms. The lowest BCUT2D eigenvalue weighted by Gasteiger charge is -2.42. The molecular weight excluding hydrogens is 424 g/mol. The number of primary amides is 1. The third-order valence-electron chi connectivity index (χ3n) is 6.17. The first-order chi connectivity index (χ1) is 15.0. The van der Waals surface area contributed by atoms with Crippen molar-refractivity contribution in [3.63, 3.8) is 0 Å². The average Bonchev–Trinajstić information content (AvgIpc) is 2.73. The predicted octanol–water partition coefficient (Wildman–Crippen LogP) is 5.12. The molecule has 2 aromatic rings. The second-order valence-corrected chi connectivity index (χ2v) is 10.4. The Balaban J connectivity index is 1.76. The minimum absolute atomic E-state index is 0.0265. The molecule has 1 fully saturated rings. The molecule has 2 aromatic carbocycles. The molecule has 1 aliphatic heterocycles. The van der Waals surface area contributed by atoms with Crippen LogP contribution in [0.4, 0.5) is 0 Å². The Hall–Kier alpha value is -2.53. The molecular formula is C26H33ClN2O3. The molecule has 32 heavy (non-hydrogen) atoms. The SMILES string of the molecule is Cc1cc(OCC2(CC(N)=O)CCCN(C(=O)c3ccc(C(C)(C)C)cc3)C2)ccc1Cl. The number of nitrogens with two attached hydrogens (primary N) is 1. The van der Waals surface area contributed by atoms with Gasteiger partial charge in [0, 0.05) is 35.5 Å². The van der Waals surface area contributed by atoms with Crippen molar-refractivity contribution in [2.45, 2.75) is 52.4 Å². The molecule has 0 saturated carbocycles. The summed E-state index contributed by atoms with van der Waals surface area (Å²) in [5.41, 5.74) is 7.87. The Morgan fingerprint density at radius 1 is 1.16 bits per heavy atom. The fourth-order valence-electron chi connectivity index (χ4n) is 4.30. The third-order valence-corrected chi connectivity index (χ3v) is 6.59. The number of hydrogen-bond donors (Lipinski definition) is 1. The van der Waals surface area contributed by atoms with E-state index in [0.29, 0.717) is 36.0 Å². The Morgan fingerprint density at radius 3 is 2.44 bits per heavy atom. The van der Waals surface area contributed by atoms with Crippen molar-refractivity contribution < 1.29 is 14.3 Å². The summed E-state index contributed by atoms with van der Waals surface area (Å²) in [5.74, 6) is 0.281. The number of benzene rings is 2. The number of carbonyl (C=O) groups is 2. The van der Waals surface area contributed by atoms with Crippen LogP contribution in [0, 0.1) is 12.3 Å². The van der Waals surface area contributed by atoms with Gasteiger partial charge in [0.2, 0.25) is 5.91 Å². The van der Waals surface area contributed by atoms with Gasteiger partial charge >= 0.3 is 0 Å². The third kappa shape index (κ3) is 5.83.